The van der Waals surface area contributed by atoms with Crippen LogP contribution in [0.5, 0.6) is 5.75 Å². The first-order valence-corrected chi connectivity index (χ1v) is 6.51. The van der Waals surface area contributed by atoms with Crippen molar-refractivity contribution in [1.29, 1.82) is 0 Å². The largest absolute Gasteiger partial charge is 0.493 e. The molecule has 2 aromatic rings. The highest BCUT2D eigenvalue weighted by Crippen LogP contribution is 2.27. The predicted molar refractivity (Wildman–Crippen MR) is 72.5 cm³/mol. The van der Waals surface area contributed by atoms with E-state index in [0.29, 0.717) is 17.9 Å². The summed E-state index contributed by atoms with van der Waals surface area (Å²) in [6.07, 6.45) is 0. The third-order valence-corrected chi connectivity index (χ3v) is 3.11. The molecule has 0 atom stereocenters. The number of carbonyl (C=O) groups excluding carboxylic acids is 1. The molecule has 5 heteroatoms. The molecule has 1 heterocycles. The van der Waals surface area contributed by atoms with E-state index in [1.165, 1.54) is 0 Å². The van der Waals surface area contributed by atoms with Crippen molar-refractivity contribution in [1.82, 2.24) is 0 Å². The van der Waals surface area contributed by atoms with E-state index in [9.17, 15) is 4.79 Å². The lowest BCUT2D eigenvalue weighted by atomic mass is 10.1. The first kappa shape index (κ1) is 13.2. The van der Waals surface area contributed by atoms with Gasteiger partial charge < -0.3 is 9.15 Å². The molecule has 18 heavy (non-hydrogen) atoms. The normalized spacial score (nSPS) is 10.4. The van der Waals surface area contributed by atoms with Gasteiger partial charge >= 0.3 is 0 Å². The molecule has 0 bridgehead atoms. The van der Waals surface area contributed by atoms with E-state index in [-0.39, 0.29) is 16.8 Å². The Labute approximate surface area is 118 Å². The highest BCUT2D eigenvalue weighted by molar-refractivity contribution is 9.10. The number of benzene rings is 1. The molecule has 0 saturated heterocycles. The summed E-state index contributed by atoms with van der Waals surface area (Å²) in [7, 11) is 0. The van der Waals surface area contributed by atoms with Crippen molar-refractivity contribution < 1.29 is 13.9 Å². The fraction of sp³-hybridized carbons (Fsp3) is 0.154. The number of carbonyl (C=O) groups is 1. The van der Waals surface area contributed by atoms with Crippen molar-refractivity contribution >= 4 is 33.3 Å². The maximum atomic E-state index is 12.1. The average Bonchev–Trinajstić information content (AvgIpc) is 2.78. The lowest BCUT2D eigenvalue weighted by Gasteiger charge is -2.06. The summed E-state index contributed by atoms with van der Waals surface area (Å²) in [6, 6.07) is 8.22. The zero-order chi connectivity index (χ0) is 13.1. The Balaban J connectivity index is 2.29. The summed E-state index contributed by atoms with van der Waals surface area (Å²) < 4.78 is 11.2. The van der Waals surface area contributed by atoms with Crippen molar-refractivity contribution in [2.45, 2.75) is 6.92 Å². The smallest absolute Gasteiger partial charge is 0.228 e. The summed E-state index contributed by atoms with van der Waals surface area (Å²) >= 11 is 9.00. The van der Waals surface area contributed by atoms with Crippen LogP contribution in [0.3, 0.4) is 0 Å². The minimum absolute atomic E-state index is 0.198. The molecule has 0 N–H and O–H groups in total. The fourth-order valence-corrected chi connectivity index (χ4v) is 2.13. The molecule has 2 rings (SSSR count). The van der Waals surface area contributed by atoms with Crippen molar-refractivity contribution in [3.05, 3.63) is 51.3 Å². The van der Waals surface area contributed by atoms with Crippen molar-refractivity contribution in [2.75, 3.05) is 6.61 Å². The molecule has 1 aromatic carbocycles. The van der Waals surface area contributed by atoms with E-state index >= 15 is 0 Å². The molecule has 94 valence electrons. The van der Waals surface area contributed by atoms with Gasteiger partial charge in [0.2, 0.25) is 5.78 Å². The number of halogens is 2. The Kier molecular flexibility index (Phi) is 4.09. The summed E-state index contributed by atoms with van der Waals surface area (Å²) in [5.41, 5.74) is 0.511. The van der Waals surface area contributed by atoms with E-state index in [0.717, 1.165) is 4.47 Å². The Bertz CT molecular complexity index is 577. The van der Waals surface area contributed by atoms with Crippen molar-refractivity contribution in [3.63, 3.8) is 0 Å². The Morgan fingerprint density at radius 1 is 1.39 bits per heavy atom. The molecule has 0 amide bonds. The summed E-state index contributed by atoms with van der Waals surface area (Å²) in [6.45, 7) is 2.47. The summed E-state index contributed by atoms with van der Waals surface area (Å²) in [5, 5.41) is 0.198. The number of ketones is 1. The maximum absolute atomic E-state index is 12.1. The predicted octanol–water partition coefficient (Wildman–Crippen LogP) is 4.33. The first-order valence-electron chi connectivity index (χ1n) is 5.34. The van der Waals surface area contributed by atoms with Crippen LogP contribution in [0.25, 0.3) is 0 Å². The van der Waals surface area contributed by atoms with E-state index < -0.39 is 0 Å². The van der Waals surface area contributed by atoms with E-state index in [1.54, 1.807) is 30.3 Å². The fourth-order valence-electron chi connectivity index (χ4n) is 1.49. The van der Waals surface area contributed by atoms with Gasteiger partial charge in [0.1, 0.15) is 5.75 Å². The topological polar surface area (TPSA) is 39.4 Å². The van der Waals surface area contributed by atoms with Gasteiger partial charge in [0.05, 0.1) is 11.1 Å². The molecule has 0 aliphatic rings. The maximum Gasteiger partial charge on any atom is 0.228 e. The molecule has 0 aliphatic heterocycles. The molecule has 0 aliphatic carbocycles. The number of furan rings is 1. The van der Waals surface area contributed by atoms with Gasteiger partial charge in [-0.15, -0.1) is 0 Å². The van der Waals surface area contributed by atoms with Crippen LogP contribution in [-0.2, 0) is 0 Å². The van der Waals surface area contributed by atoms with Gasteiger partial charge in [0, 0.05) is 5.56 Å². The van der Waals surface area contributed by atoms with Gasteiger partial charge in [0.25, 0.3) is 0 Å². The molecular formula is C13H10BrClO3. The number of hydrogen-bond donors (Lipinski definition) is 0. The molecule has 0 fully saturated rings. The van der Waals surface area contributed by atoms with E-state index in [1.807, 2.05) is 6.92 Å². The second kappa shape index (κ2) is 5.59. The van der Waals surface area contributed by atoms with Gasteiger partial charge in [-0.25, -0.2) is 0 Å². The van der Waals surface area contributed by atoms with Gasteiger partial charge in [-0.1, -0.05) is 0 Å². The Hall–Kier alpha value is -1.26. The Morgan fingerprint density at radius 3 is 2.72 bits per heavy atom. The lowest BCUT2D eigenvalue weighted by molar-refractivity contribution is 0.101. The quantitative estimate of drug-likeness (QED) is 0.784. The van der Waals surface area contributed by atoms with Gasteiger partial charge in [-0.05, 0) is 64.8 Å². The second-order valence-electron chi connectivity index (χ2n) is 3.51. The number of rotatable bonds is 4. The molecule has 0 spiro atoms. The average molecular weight is 330 g/mol. The summed E-state index contributed by atoms with van der Waals surface area (Å²) in [5.74, 6) is 0.702. The van der Waals surface area contributed by atoms with Gasteiger partial charge in [-0.2, -0.15) is 0 Å². The van der Waals surface area contributed by atoms with Gasteiger partial charge in [0.15, 0.2) is 11.0 Å². The van der Waals surface area contributed by atoms with Crippen LogP contribution >= 0.6 is 27.5 Å². The van der Waals surface area contributed by atoms with Crippen LogP contribution in [0.2, 0.25) is 5.22 Å². The molecule has 0 radical (unpaired) electrons. The highest BCUT2D eigenvalue weighted by Gasteiger charge is 2.14. The summed E-state index contributed by atoms with van der Waals surface area (Å²) in [4.78, 5) is 12.1. The zero-order valence-electron chi connectivity index (χ0n) is 9.57. The zero-order valence-corrected chi connectivity index (χ0v) is 11.9. The van der Waals surface area contributed by atoms with E-state index in [2.05, 4.69) is 15.9 Å². The van der Waals surface area contributed by atoms with E-state index in [4.69, 9.17) is 20.8 Å². The Morgan fingerprint density at radius 2 is 2.17 bits per heavy atom. The minimum atomic E-state index is -0.217. The van der Waals surface area contributed by atoms with Crippen LogP contribution in [0, 0.1) is 0 Å². The standard InChI is InChI=1S/C13H10BrClO3/c1-2-17-10-4-3-8(7-9(10)14)13(16)11-5-6-12(15)18-11/h3-7H,2H2,1H3. The van der Waals surface area contributed by atoms with Crippen molar-refractivity contribution in [2.24, 2.45) is 0 Å². The highest BCUT2D eigenvalue weighted by atomic mass is 79.9. The molecule has 0 unspecified atom stereocenters. The van der Waals surface area contributed by atoms with Crippen LogP contribution < -0.4 is 4.74 Å². The third kappa shape index (κ3) is 2.76. The number of ether oxygens (including phenoxy) is 1. The van der Waals surface area contributed by atoms with Crippen LogP contribution in [0.4, 0.5) is 0 Å². The molecule has 3 nitrogen and oxygen atoms in total. The number of hydrogen-bond acceptors (Lipinski definition) is 3. The molecular weight excluding hydrogens is 319 g/mol. The minimum Gasteiger partial charge on any atom is -0.493 e. The molecule has 0 saturated carbocycles. The van der Waals surface area contributed by atoms with Gasteiger partial charge in [-0.3, -0.25) is 4.79 Å². The third-order valence-electron chi connectivity index (χ3n) is 2.29. The van der Waals surface area contributed by atoms with Crippen LogP contribution in [-0.4, -0.2) is 12.4 Å². The van der Waals surface area contributed by atoms with Crippen LogP contribution in [0.1, 0.15) is 23.0 Å². The second-order valence-corrected chi connectivity index (χ2v) is 4.74. The van der Waals surface area contributed by atoms with Crippen molar-refractivity contribution in [3.8, 4) is 5.75 Å². The van der Waals surface area contributed by atoms with Crippen LogP contribution in [0.15, 0.2) is 39.2 Å². The first-order chi connectivity index (χ1) is 8.61. The SMILES string of the molecule is CCOc1ccc(C(=O)c2ccc(Cl)o2)cc1Br. The monoisotopic (exact) mass is 328 g/mol. The molecule has 1 aromatic heterocycles. The lowest BCUT2D eigenvalue weighted by Crippen LogP contribution is -2.00.